The van der Waals surface area contributed by atoms with Crippen LogP contribution in [0.15, 0.2) is 66.2 Å². The molecule has 0 radical (unpaired) electrons. The zero-order chi connectivity index (χ0) is 20.5. The highest BCUT2D eigenvalue weighted by molar-refractivity contribution is 5.99. The van der Waals surface area contributed by atoms with Gasteiger partial charge < -0.3 is 9.84 Å². The predicted molar refractivity (Wildman–Crippen MR) is 104 cm³/mol. The third kappa shape index (κ3) is 5.63. The summed E-state index contributed by atoms with van der Waals surface area (Å²) in [5.74, 6) is -1.92. The van der Waals surface area contributed by atoms with E-state index in [1.807, 2.05) is 0 Å². The smallest absolute Gasteiger partial charge is 0.334 e. The average Bonchev–Trinajstić information content (AvgIpc) is 2.67. The molecule has 0 spiro atoms. The number of ether oxygens (including phenoxy) is 1. The van der Waals surface area contributed by atoms with Crippen LogP contribution in [0.3, 0.4) is 0 Å². The number of hydrogen-bond acceptors (Lipinski definition) is 5. The summed E-state index contributed by atoms with van der Waals surface area (Å²) in [7, 11) is 0. The summed E-state index contributed by atoms with van der Waals surface area (Å²) in [6.07, 6.45) is 2.42. The lowest BCUT2D eigenvalue weighted by atomic mass is 9.98. The molecule has 0 aromatic heterocycles. The Morgan fingerprint density at radius 2 is 1.75 bits per heavy atom. The molecule has 0 saturated carbocycles. The molecule has 144 valence electrons. The highest BCUT2D eigenvalue weighted by Crippen LogP contribution is 2.27. The molecule has 0 aliphatic rings. The number of hydrogen-bond donors (Lipinski definition) is 1. The topological polar surface area (TPSA) is 107 Å². The maximum Gasteiger partial charge on any atom is 0.334 e. The van der Waals surface area contributed by atoms with Gasteiger partial charge >= 0.3 is 11.9 Å². The Labute approximate surface area is 161 Å². The number of carboxylic acids is 1. The molecule has 0 aliphatic heterocycles. The van der Waals surface area contributed by atoms with Crippen LogP contribution in [0, 0.1) is 10.1 Å². The number of nitrogens with zero attached hydrogens (tertiary/aromatic N) is 1. The van der Waals surface area contributed by atoms with E-state index in [1.165, 1.54) is 12.1 Å². The lowest BCUT2D eigenvalue weighted by Gasteiger charge is -2.09. The van der Waals surface area contributed by atoms with Crippen LogP contribution in [0.1, 0.15) is 24.5 Å². The Hall–Kier alpha value is -3.74. The van der Waals surface area contributed by atoms with Gasteiger partial charge in [-0.05, 0) is 36.3 Å². The third-order valence-corrected chi connectivity index (χ3v) is 3.76. The number of nitro groups is 1. The van der Waals surface area contributed by atoms with Crippen LogP contribution in [0.25, 0.3) is 11.6 Å². The van der Waals surface area contributed by atoms with Crippen molar-refractivity contribution in [2.24, 2.45) is 0 Å². The molecule has 0 atom stereocenters. The van der Waals surface area contributed by atoms with Gasteiger partial charge in [-0.3, -0.25) is 14.9 Å². The highest BCUT2D eigenvalue weighted by atomic mass is 16.6. The van der Waals surface area contributed by atoms with Crippen LogP contribution >= 0.6 is 0 Å². The molecular weight excluding hydrogens is 362 g/mol. The van der Waals surface area contributed by atoms with Crippen LogP contribution in [0.4, 0.5) is 5.69 Å². The van der Waals surface area contributed by atoms with Crippen LogP contribution in [-0.2, 0) is 14.3 Å². The summed E-state index contributed by atoms with van der Waals surface area (Å²) in [6, 6.07) is 15.1. The van der Waals surface area contributed by atoms with Gasteiger partial charge in [0.1, 0.15) is 0 Å². The Morgan fingerprint density at radius 1 is 1.11 bits per heavy atom. The van der Waals surface area contributed by atoms with E-state index in [9.17, 15) is 19.7 Å². The number of esters is 1. The number of carboxylic acid groups (broad SMARTS) is 1. The Morgan fingerprint density at radius 3 is 2.36 bits per heavy atom. The molecule has 7 nitrogen and oxygen atoms in total. The second kappa shape index (κ2) is 9.82. The van der Waals surface area contributed by atoms with Crippen LogP contribution in [0.5, 0.6) is 0 Å². The Kier molecular flexibility index (Phi) is 7.21. The van der Waals surface area contributed by atoms with E-state index in [-0.39, 0.29) is 17.9 Å². The molecule has 1 N–H and O–H groups in total. The average molecular weight is 381 g/mol. The third-order valence-electron chi connectivity index (χ3n) is 3.76. The van der Waals surface area contributed by atoms with Crippen molar-refractivity contribution < 1.29 is 24.4 Å². The molecule has 0 fully saturated rings. The molecule has 0 heterocycles. The molecule has 0 saturated heterocycles. The highest BCUT2D eigenvalue weighted by Gasteiger charge is 2.17. The predicted octanol–water partition coefficient (Wildman–Crippen LogP) is 4.10. The SMILES string of the molecule is CCOC(=O)/C(=C\C(=C/c1ccccc1[N+](=O)[O-])c1ccccc1)CC(=O)O. The van der Waals surface area contributed by atoms with Crippen molar-refractivity contribution in [1.29, 1.82) is 0 Å². The van der Waals surface area contributed by atoms with Gasteiger partial charge in [0, 0.05) is 11.6 Å². The van der Waals surface area contributed by atoms with E-state index in [2.05, 4.69) is 0 Å². The number of para-hydroxylation sites is 1. The molecule has 28 heavy (non-hydrogen) atoms. The molecule has 0 bridgehead atoms. The normalized spacial score (nSPS) is 11.8. The van der Waals surface area contributed by atoms with Gasteiger partial charge in [0.15, 0.2) is 0 Å². The number of aliphatic carboxylic acids is 1. The lowest BCUT2D eigenvalue weighted by molar-refractivity contribution is -0.385. The Balaban J connectivity index is 2.64. The van der Waals surface area contributed by atoms with Crippen molar-refractivity contribution in [2.45, 2.75) is 13.3 Å². The van der Waals surface area contributed by atoms with Crippen molar-refractivity contribution in [1.82, 2.24) is 0 Å². The first-order chi connectivity index (χ1) is 13.4. The number of allylic oxidation sites excluding steroid dienone is 2. The molecule has 2 rings (SSSR count). The number of nitro benzene ring substituents is 1. The van der Waals surface area contributed by atoms with Gasteiger partial charge in [0.25, 0.3) is 5.69 Å². The van der Waals surface area contributed by atoms with Gasteiger partial charge in [-0.15, -0.1) is 0 Å². The molecule has 0 aliphatic carbocycles. The van der Waals surface area contributed by atoms with E-state index in [0.717, 1.165) is 0 Å². The van der Waals surface area contributed by atoms with E-state index < -0.39 is 23.3 Å². The summed E-state index contributed by atoms with van der Waals surface area (Å²) < 4.78 is 4.95. The van der Waals surface area contributed by atoms with Crippen LogP contribution in [-0.4, -0.2) is 28.6 Å². The number of carbonyl (C=O) groups is 2. The summed E-state index contributed by atoms with van der Waals surface area (Å²) in [6.45, 7) is 1.72. The summed E-state index contributed by atoms with van der Waals surface area (Å²) in [5.41, 5.74) is 1.32. The quantitative estimate of drug-likeness (QED) is 0.184. The minimum atomic E-state index is -1.18. The first-order valence-electron chi connectivity index (χ1n) is 8.52. The second-order valence-electron chi connectivity index (χ2n) is 5.74. The van der Waals surface area contributed by atoms with E-state index in [0.29, 0.717) is 16.7 Å². The van der Waals surface area contributed by atoms with Crippen molar-refractivity contribution in [3.8, 4) is 0 Å². The fourth-order valence-electron chi connectivity index (χ4n) is 2.54. The van der Waals surface area contributed by atoms with Gasteiger partial charge in [-0.1, -0.05) is 42.5 Å². The first-order valence-corrected chi connectivity index (χ1v) is 8.52. The van der Waals surface area contributed by atoms with Gasteiger partial charge in [-0.2, -0.15) is 0 Å². The number of benzene rings is 2. The Bertz CT molecular complexity index is 931. The minimum absolute atomic E-state index is 0.0527. The van der Waals surface area contributed by atoms with Crippen LogP contribution in [0.2, 0.25) is 0 Å². The van der Waals surface area contributed by atoms with Crippen molar-refractivity contribution in [2.75, 3.05) is 6.61 Å². The zero-order valence-electron chi connectivity index (χ0n) is 15.2. The monoisotopic (exact) mass is 381 g/mol. The summed E-state index contributed by atoms with van der Waals surface area (Å²) in [4.78, 5) is 34.2. The van der Waals surface area contributed by atoms with Gasteiger partial charge in [-0.25, -0.2) is 4.79 Å². The number of rotatable bonds is 8. The van der Waals surface area contributed by atoms with Crippen molar-refractivity contribution >= 4 is 29.3 Å². The van der Waals surface area contributed by atoms with E-state index in [1.54, 1.807) is 61.5 Å². The van der Waals surface area contributed by atoms with Crippen molar-refractivity contribution in [3.63, 3.8) is 0 Å². The maximum atomic E-state index is 12.2. The fourth-order valence-corrected chi connectivity index (χ4v) is 2.54. The molecular formula is C21H19NO6. The molecule has 0 unspecified atom stereocenters. The second-order valence-corrected chi connectivity index (χ2v) is 5.74. The summed E-state index contributed by atoms with van der Waals surface area (Å²) in [5, 5.41) is 20.4. The van der Waals surface area contributed by atoms with E-state index >= 15 is 0 Å². The molecule has 0 amide bonds. The number of carbonyl (C=O) groups excluding carboxylic acids is 1. The molecule has 7 heteroatoms. The molecule has 2 aromatic rings. The minimum Gasteiger partial charge on any atom is -0.481 e. The standard InChI is InChI=1S/C21H19NO6/c1-2-28-21(25)18(14-20(23)24)13-17(15-8-4-3-5-9-15)12-16-10-6-7-11-19(16)22(26)27/h3-13H,2,14H2,1H3,(H,23,24)/b17-12+,18-13-. The van der Waals surface area contributed by atoms with Crippen LogP contribution < -0.4 is 0 Å². The van der Waals surface area contributed by atoms with E-state index in [4.69, 9.17) is 9.84 Å². The first kappa shape index (κ1) is 20.6. The maximum absolute atomic E-state index is 12.2. The van der Waals surface area contributed by atoms with Gasteiger partial charge in [0.05, 0.1) is 23.5 Å². The molecule has 2 aromatic carbocycles. The lowest BCUT2D eigenvalue weighted by Crippen LogP contribution is -2.11. The zero-order valence-corrected chi connectivity index (χ0v) is 15.2. The van der Waals surface area contributed by atoms with Crippen molar-refractivity contribution in [3.05, 3.63) is 87.5 Å². The fraction of sp³-hybridized carbons (Fsp3) is 0.143. The summed E-state index contributed by atoms with van der Waals surface area (Å²) >= 11 is 0. The van der Waals surface area contributed by atoms with Gasteiger partial charge in [0.2, 0.25) is 0 Å². The largest absolute Gasteiger partial charge is 0.481 e.